The number of methoxy groups -OCH3 is 1. The minimum atomic E-state index is -1.14. The maximum absolute atomic E-state index is 11.7. The molecule has 0 aliphatic carbocycles. The Hall–Kier alpha value is -1.63. The van der Waals surface area contributed by atoms with Crippen molar-refractivity contribution in [2.24, 2.45) is 0 Å². The number of carbonyl (C=O) groups is 3. The number of aliphatic carboxylic acids is 1. The topological polar surface area (TPSA) is 105 Å². The van der Waals surface area contributed by atoms with Gasteiger partial charge in [0.1, 0.15) is 6.04 Å². The van der Waals surface area contributed by atoms with Gasteiger partial charge in [-0.1, -0.05) is 0 Å². The number of hydrogen-bond acceptors (Lipinski definition) is 5. The van der Waals surface area contributed by atoms with Gasteiger partial charge in [-0.05, 0) is 25.8 Å². The summed E-state index contributed by atoms with van der Waals surface area (Å²) in [6, 6.07) is -0.928. The van der Waals surface area contributed by atoms with Gasteiger partial charge in [-0.2, -0.15) is 0 Å². The molecule has 0 aromatic rings. The third kappa shape index (κ3) is 5.69. The van der Waals surface area contributed by atoms with E-state index in [4.69, 9.17) is 5.11 Å². The number of esters is 1. The zero-order valence-electron chi connectivity index (χ0n) is 11.0. The molecule has 1 heterocycles. The minimum Gasteiger partial charge on any atom is -0.480 e. The summed E-state index contributed by atoms with van der Waals surface area (Å²) in [5.74, 6) is -1.94. The lowest BCUT2D eigenvalue weighted by Gasteiger charge is -2.16. The van der Waals surface area contributed by atoms with Crippen LogP contribution in [0.1, 0.15) is 32.1 Å². The first-order valence-corrected chi connectivity index (χ1v) is 6.35. The Balaban J connectivity index is 2.36. The summed E-state index contributed by atoms with van der Waals surface area (Å²) in [5, 5.41) is 14.6. The van der Waals surface area contributed by atoms with Crippen molar-refractivity contribution in [3.8, 4) is 0 Å². The SMILES string of the molecule is COC(=O)CCC(NC(=O)CC1CCCN1)C(=O)O. The van der Waals surface area contributed by atoms with E-state index in [1.165, 1.54) is 7.11 Å². The van der Waals surface area contributed by atoms with Crippen molar-refractivity contribution in [1.29, 1.82) is 0 Å². The predicted octanol–water partition coefficient (Wildman–Crippen LogP) is -0.349. The number of rotatable bonds is 7. The summed E-state index contributed by atoms with van der Waals surface area (Å²) in [6.07, 6.45) is 2.22. The number of carbonyl (C=O) groups excluding carboxylic acids is 2. The van der Waals surface area contributed by atoms with Crippen LogP contribution in [0.4, 0.5) is 0 Å². The quantitative estimate of drug-likeness (QED) is 0.547. The Labute approximate surface area is 111 Å². The largest absolute Gasteiger partial charge is 0.480 e. The molecule has 1 fully saturated rings. The van der Waals surface area contributed by atoms with Gasteiger partial charge < -0.3 is 20.5 Å². The van der Waals surface area contributed by atoms with E-state index in [0.29, 0.717) is 0 Å². The van der Waals surface area contributed by atoms with Crippen molar-refractivity contribution >= 4 is 17.8 Å². The molecule has 0 aromatic carbocycles. The molecule has 0 radical (unpaired) electrons. The summed E-state index contributed by atoms with van der Waals surface area (Å²) in [6.45, 7) is 0.892. The van der Waals surface area contributed by atoms with Gasteiger partial charge in [-0.15, -0.1) is 0 Å². The zero-order chi connectivity index (χ0) is 14.3. The van der Waals surface area contributed by atoms with E-state index in [0.717, 1.165) is 19.4 Å². The molecule has 1 aliphatic rings. The van der Waals surface area contributed by atoms with Crippen LogP contribution in [0, 0.1) is 0 Å². The monoisotopic (exact) mass is 272 g/mol. The average Bonchev–Trinajstić information content (AvgIpc) is 2.86. The molecule has 1 amide bonds. The molecule has 7 nitrogen and oxygen atoms in total. The Morgan fingerprint density at radius 1 is 1.47 bits per heavy atom. The second-order valence-electron chi connectivity index (χ2n) is 4.57. The smallest absolute Gasteiger partial charge is 0.326 e. The van der Waals surface area contributed by atoms with Gasteiger partial charge in [-0.25, -0.2) is 4.79 Å². The number of nitrogens with one attached hydrogen (secondary N) is 2. The third-order valence-corrected chi connectivity index (χ3v) is 3.09. The highest BCUT2D eigenvalue weighted by Crippen LogP contribution is 2.09. The summed E-state index contributed by atoms with van der Waals surface area (Å²) in [4.78, 5) is 33.7. The first-order chi connectivity index (χ1) is 9.02. The third-order valence-electron chi connectivity index (χ3n) is 3.09. The van der Waals surface area contributed by atoms with Crippen molar-refractivity contribution in [3.63, 3.8) is 0 Å². The molecule has 7 heteroatoms. The molecule has 1 aliphatic heterocycles. The Kier molecular flexibility index (Phi) is 6.27. The number of amides is 1. The van der Waals surface area contributed by atoms with Crippen LogP contribution in [-0.2, 0) is 19.1 Å². The van der Waals surface area contributed by atoms with Gasteiger partial charge >= 0.3 is 11.9 Å². The van der Waals surface area contributed by atoms with E-state index in [9.17, 15) is 14.4 Å². The highest BCUT2D eigenvalue weighted by atomic mass is 16.5. The Morgan fingerprint density at radius 3 is 2.74 bits per heavy atom. The molecule has 2 unspecified atom stereocenters. The maximum Gasteiger partial charge on any atom is 0.326 e. The second kappa shape index (κ2) is 7.73. The lowest BCUT2D eigenvalue weighted by Crippen LogP contribution is -2.43. The Bertz CT molecular complexity index is 339. The fraction of sp³-hybridized carbons (Fsp3) is 0.750. The molecular formula is C12H20N2O5. The van der Waals surface area contributed by atoms with E-state index >= 15 is 0 Å². The van der Waals surface area contributed by atoms with E-state index in [-0.39, 0.29) is 31.2 Å². The van der Waals surface area contributed by atoms with Crippen LogP contribution in [-0.4, -0.2) is 48.7 Å². The van der Waals surface area contributed by atoms with Crippen molar-refractivity contribution in [2.75, 3.05) is 13.7 Å². The molecule has 0 saturated carbocycles. The highest BCUT2D eigenvalue weighted by molar-refractivity contribution is 5.84. The van der Waals surface area contributed by atoms with E-state index in [2.05, 4.69) is 15.4 Å². The van der Waals surface area contributed by atoms with Crippen molar-refractivity contribution < 1.29 is 24.2 Å². The van der Waals surface area contributed by atoms with Gasteiger partial charge in [0.05, 0.1) is 7.11 Å². The van der Waals surface area contributed by atoms with Gasteiger partial charge in [0.25, 0.3) is 0 Å². The normalized spacial score (nSPS) is 19.7. The Morgan fingerprint density at radius 2 is 2.21 bits per heavy atom. The van der Waals surface area contributed by atoms with Gasteiger partial charge in [-0.3, -0.25) is 9.59 Å². The molecular weight excluding hydrogens is 252 g/mol. The standard InChI is InChI=1S/C12H20N2O5/c1-19-11(16)5-4-9(12(17)18)14-10(15)7-8-3-2-6-13-8/h8-9,13H,2-7H2,1H3,(H,14,15)(H,17,18). The predicted molar refractivity (Wildman–Crippen MR) is 66.5 cm³/mol. The van der Waals surface area contributed by atoms with Crippen molar-refractivity contribution in [2.45, 2.75) is 44.2 Å². The number of carboxylic acid groups (broad SMARTS) is 1. The summed E-state index contributed by atoms with van der Waals surface area (Å²) < 4.78 is 4.44. The highest BCUT2D eigenvalue weighted by Gasteiger charge is 2.23. The van der Waals surface area contributed by atoms with Crippen LogP contribution >= 0.6 is 0 Å². The maximum atomic E-state index is 11.7. The molecule has 3 N–H and O–H groups in total. The van der Waals surface area contributed by atoms with E-state index in [1.54, 1.807) is 0 Å². The molecule has 1 saturated heterocycles. The molecule has 108 valence electrons. The van der Waals surface area contributed by atoms with Gasteiger partial charge in [0.15, 0.2) is 0 Å². The summed E-state index contributed by atoms with van der Waals surface area (Å²) >= 11 is 0. The van der Waals surface area contributed by atoms with E-state index < -0.39 is 18.0 Å². The van der Waals surface area contributed by atoms with Crippen molar-refractivity contribution in [1.82, 2.24) is 10.6 Å². The first-order valence-electron chi connectivity index (χ1n) is 6.35. The molecule has 1 rings (SSSR count). The van der Waals surface area contributed by atoms with E-state index in [1.807, 2.05) is 0 Å². The zero-order valence-corrected chi connectivity index (χ0v) is 11.0. The lowest BCUT2D eigenvalue weighted by molar-refractivity contribution is -0.144. The molecule has 0 bridgehead atoms. The van der Waals surface area contributed by atoms with Crippen LogP contribution in [0.3, 0.4) is 0 Å². The van der Waals surface area contributed by atoms with Crippen LogP contribution < -0.4 is 10.6 Å². The summed E-state index contributed by atoms with van der Waals surface area (Å²) in [7, 11) is 1.24. The molecule has 0 aromatic heterocycles. The number of carboxylic acids is 1. The van der Waals surface area contributed by atoms with Crippen LogP contribution in [0.5, 0.6) is 0 Å². The molecule has 19 heavy (non-hydrogen) atoms. The lowest BCUT2D eigenvalue weighted by atomic mass is 10.1. The minimum absolute atomic E-state index is 0.0323. The fourth-order valence-electron chi connectivity index (χ4n) is 2.03. The first kappa shape index (κ1) is 15.4. The second-order valence-corrected chi connectivity index (χ2v) is 4.57. The molecule has 0 spiro atoms. The molecule has 2 atom stereocenters. The number of hydrogen-bond donors (Lipinski definition) is 3. The van der Waals surface area contributed by atoms with Crippen LogP contribution in [0.15, 0.2) is 0 Å². The number of ether oxygens (including phenoxy) is 1. The van der Waals surface area contributed by atoms with Crippen molar-refractivity contribution in [3.05, 3.63) is 0 Å². The summed E-state index contributed by atoms with van der Waals surface area (Å²) in [5.41, 5.74) is 0. The van der Waals surface area contributed by atoms with Crippen LogP contribution in [0.2, 0.25) is 0 Å². The van der Waals surface area contributed by atoms with Gasteiger partial charge in [0, 0.05) is 18.9 Å². The van der Waals surface area contributed by atoms with Crippen LogP contribution in [0.25, 0.3) is 0 Å². The van der Waals surface area contributed by atoms with Gasteiger partial charge in [0.2, 0.25) is 5.91 Å². The average molecular weight is 272 g/mol. The fourth-order valence-corrected chi connectivity index (χ4v) is 2.03.